The third kappa shape index (κ3) is 2.98. The second kappa shape index (κ2) is 6.97. The number of rotatable bonds is 3. The lowest BCUT2D eigenvalue weighted by Gasteiger charge is -2.35. The fourth-order valence-electron chi connectivity index (χ4n) is 3.84. The molecule has 0 saturated carbocycles. The predicted octanol–water partition coefficient (Wildman–Crippen LogP) is 2.60. The van der Waals surface area contributed by atoms with E-state index < -0.39 is 5.97 Å². The van der Waals surface area contributed by atoms with Crippen molar-refractivity contribution in [2.24, 2.45) is 0 Å². The first kappa shape index (κ1) is 17.3. The van der Waals surface area contributed by atoms with Crippen molar-refractivity contribution in [2.75, 3.05) is 36.0 Å². The van der Waals surface area contributed by atoms with Crippen LogP contribution in [0.5, 0.6) is 0 Å². The van der Waals surface area contributed by atoms with Crippen LogP contribution in [0.2, 0.25) is 0 Å². The van der Waals surface area contributed by atoms with Gasteiger partial charge in [0, 0.05) is 49.3 Å². The summed E-state index contributed by atoms with van der Waals surface area (Å²) in [6, 6.07) is 13.3. The highest BCUT2D eigenvalue weighted by molar-refractivity contribution is 6.14. The van der Waals surface area contributed by atoms with Gasteiger partial charge in [0.25, 0.3) is 0 Å². The molecule has 1 N–H and O–H groups in total. The minimum atomic E-state index is -0.996. The van der Waals surface area contributed by atoms with Gasteiger partial charge >= 0.3 is 5.97 Å². The van der Waals surface area contributed by atoms with Crippen molar-refractivity contribution in [1.29, 1.82) is 0 Å². The Morgan fingerprint density at radius 2 is 1.55 bits per heavy atom. The molecule has 0 spiro atoms. The number of benzene rings is 2. The number of fused-ring (bicyclic) bond motifs is 3. The molecule has 0 radical (unpaired) electrons. The highest BCUT2D eigenvalue weighted by Crippen LogP contribution is 2.30. The zero-order valence-corrected chi connectivity index (χ0v) is 15.6. The molecule has 0 bridgehead atoms. The maximum Gasteiger partial charge on any atom is 0.340 e. The van der Waals surface area contributed by atoms with Crippen molar-refractivity contribution >= 4 is 39.4 Å². The maximum atomic E-state index is 12.2. The molecule has 1 aliphatic rings. The normalized spacial score (nSPS) is 14.5. The molecule has 3 heterocycles. The fraction of sp³-hybridized carbons (Fsp3) is 0.190. The fourth-order valence-corrected chi connectivity index (χ4v) is 3.84. The molecular weight excluding hydrogens is 368 g/mol. The Hall–Kier alpha value is -3.81. The van der Waals surface area contributed by atoms with E-state index in [4.69, 9.17) is 0 Å². The standard InChI is InChI=1S/C21H18N6O2/c28-20(29)17-16-7-6-14-4-1-2-5-15(14)18(16)24-25-19(17)26-10-12-27(13-11-26)21-22-8-3-9-23-21/h1-9H,10-13H2,(H,28,29). The minimum absolute atomic E-state index is 0.199. The van der Waals surface area contributed by atoms with Crippen molar-refractivity contribution in [3.8, 4) is 0 Å². The number of aromatic carboxylic acids is 1. The van der Waals surface area contributed by atoms with Gasteiger partial charge in [-0.25, -0.2) is 14.8 Å². The number of hydrogen-bond acceptors (Lipinski definition) is 7. The second-order valence-corrected chi connectivity index (χ2v) is 6.91. The summed E-state index contributed by atoms with van der Waals surface area (Å²) >= 11 is 0. The second-order valence-electron chi connectivity index (χ2n) is 6.91. The van der Waals surface area contributed by atoms with Crippen molar-refractivity contribution in [1.82, 2.24) is 20.2 Å². The van der Waals surface area contributed by atoms with E-state index in [1.165, 1.54) is 0 Å². The molecule has 144 valence electrons. The first-order valence-corrected chi connectivity index (χ1v) is 9.41. The zero-order chi connectivity index (χ0) is 19.8. The zero-order valence-electron chi connectivity index (χ0n) is 15.6. The van der Waals surface area contributed by atoms with Gasteiger partial charge in [-0.3, -0.25) is 0 Å². The summed E-state index contributed by atoms with van der Waals surface area (Å²) in [6.45, 7) is 2.60. The van der Waals surface area contributed by atoms with Crippen molar-refractivity contribution in [3.63, 3.8) is 0 Å². The summed E-state index contributed by atoms with van der Waals surface area (Å²) in [5.74, 6) is 0.0968. The quantitative estimate of drug-likeness (QED) is 0.537. The van der Waals surface area contributed by atoms with Gasteiger partial charge < -0.3 is 14.9 Å². The number of aromatic nitrogens is 4. The summed E-state index contributed by atoms with van der Waals surface area (Å²) < 4.78 is 0. The summed E-state index contributed by atoms with van der Waals surface area (Å²) in [7, 11) is 0. The van der Waals surface area contributed by atoms with Crippen LogP contribution in [0, 0.1) is 0 Å². The summed E-state index contributed by atoms with van der Waals surface area (Å²) in [6.07, 6.45) is 3.44. The van der Waals surface area contributed by atoms with Gasteiger partial charge in [-0.1, -0.05) is 36.4 Å². The van der Waals surface area contributed by atoms with E-state index in [0.29, 0.717) is 48.8 Å². The minimum Gasteiger partial charge on any atom is -0.478 e. The Kier molecular flexibility index (Phi) is 4.16. The van der Waals surface area contributed by atoms with E-state index >= 15 is 0 Å². The Bertz CT molecular complexity index is 1210. The van der Waals surface area contributed by atoms with Crippen molar-refractivity contribution < 1.29 is 9.90 Å². The van der Waals surface area contributed by atoms with Gasteiger partial charge in [-0.05, 0) is 11.5 Å². The first-order valence-electron chi connectivity index (χ1n) is 9.41. The van der Waals surface area contributed by atoms with Gasteiger partial charge in [0.05, 0.1) is 0 Å². The molecule has 1 saturated heterocycles. The summed E-state index contributed by atoms with van der Waals surface area (Å²) in [4.78, 5) is 24.8. The first-order chi connectivity index (χ1) is 14.2. The number of carboxylic acids is 1. The molecule has 4 aromatic rings. The molecule has 0 aliphatic carbocycles. The van der Waals surface area contributed by atoms with E-state index in [1.807, 2.05) is 41.3 Å². The summed E-state index contributed by atoms with van der Waals surface area (Å²) in [5, 5.41) is 21.2. The molecule has 1 aliphatic heterocycles. The Morgan fingerprint density at radius 1 is 0.828 bits per heavy atom. The van der Waals surface area contributed by atoms with Crippen LogP contribution in [0.25, 0.3) is 21.7 Å². The number of carboxylic acid groups (broad SMARTS) is 1. The number of nitrogens with zero attached hydrogens (tertiary/aromatic N) is 6. The Labute approximate surface area is 166 Å². The largest absolute Gasteiger partial charge is 0.478 e. The number of piperazine rings is 1. The predicted molar refractivity (Wildman–Crippen MR) is 110 cm³/mol. The van der Waals surface area contributed by atoms with E-state index in [2.05, 4.69) is 25.1 Å². The topological polar surface area (TPSA) is 95.3 Å². The van der Waals surface area contributed by atoms with Gasteiger partial charge in [-0.2, -0.15) is 0 Å². The molecule has 0 atom stereocenters. The average Bonchev–Trinajstić information content (AvgIpc) is 2.78. The van der Waals surface area contributed by atoms with Crippen LogP contribution < -0.4 is 9.80 Å². The molecular formula is C21H18N6O2. The molecule has 29 heavy (non-hydrogen) atoms. The third-order valence-corrected chi connectivity index (χ3v) is 5.27. The molecule has 8 nitrogen and oxygen atoms in total. The SMILES string of the molecule is O=C(O)c1c(N2CCN(c3ncccn3)CC2)nnc2c1ccc1ccccc12. The molecule has 5 rings (SSSR count). The Balaban J connectivity index is 1.53. The molecule has 0 amide bonds. The number of anilines is 2. The highest BCUT2D eigenvalue weighted by atomic mass is 16.4. The van der Waals surface area contributed by atoms with Crippen LogP contribution >= 0.6 is 0 Å². The van der Waals surface area contributed by atoms with Crippen LogP contribution in [0.1, 0.15) is 10.4 Å². The molecule has 0 unspecified atom stereocenters. The average molecular weight is 386 g/mol. The van der Waals surface area contributed by atoms with Gasteiger partial charge in [0.2, 0.25) is 5.95 Å². The van der Waals surface area contributed by atoms with Crippen molar-refractivity contribution in [3.05, 3.63) is 60.4 Å². The monoisotopic (exact) mass is 386 g/mol. The van der Waals surface area contributed by atoms with Crippen LogP contribution in [0.15, 0.2) is 54.9 Å². The van der Waals surface area contributed by atoms with E-state index in [9.17, 15) is 9.90 Å². The summed E-state index contributed by atoms with van der Waals surface area (Å²) in [5.41, 5.74) is 0.811. The third-order valence-electron chi connectivity index (χ3n) is 5.27. The molecule has 2 aromatic heterocycles. The maximum absolute atomic E-state index is 12.2. The number of carbonyl (C=O) groups is 1. The van der Waals surface area contributed by atoms with Gasteiger partial charge in [0.15, 0.2) is 5.82 Å². The van der Waals surface area contributed by atoms with Gasteiger partial charge in [0.1, 0.15) is 11.1 Å². The molecule has 2 aromatic carbocycles. The number of hydrogen-bond donors (Lipinski definition) is 1. The van der Waals surface area contributed by atoms with E-state index in [0.717, 1.165) is 10.8 Å². The van der Waals surface area contributed by atoms with Crippen LogP contribution in [-0.2, 0) is 0 Å². The smallest absolute Gasteiger partial charge is 0.340 e. The van der Waals surface area contributed by atoms with Crippen LogP contribution in [-0.4, -0.2) is 57.4 Å². The van der Waals surface area contributed by atoms with E-state index in [1.54, 1.807) is 18.5 Å². The van der Waals surface area contributed by atoms with Crippen molar-refractivity contribution in [2.45, 2.75) is 0 Å². The lowest BCUT2D eigenvalue weighted by molar-refractivity contribution is 0.0699. The van der Waals surface area contributed by atoms with Crippen LogP contribution in [0.4, 0.5) is 11.8 Å². The lowest BCUT2D eigenvalue weighted by atomic mass is 10.0. The molecule has 8 heteroatoms. The lowest BCUT2D eigenvalue weighted by Crippen LogP contribution is -2.48. The highest BCUT2D eigenvalue weighted by Gasteiger charge is 2.26. The van der Waals surface area contributed by atoms with Crippen LogP contribution in [0.3, 0.4) is 0 Å². The van der Waals surface area contributed by atoms with E-state index in [-0.39, 0.29) is 5.56 Å². The van der Waals surface area contributed by atoms with Gasteiger partial charge in [-0.15, -0.1) is 10.2 Å². The Morgan fingerprint density at radius 3 is 2.31 bits per heavy atom. The molecule has 1 fully saturated rings.